The minimum absolute atomic E-state index is 0.672. The Labute approximate surface area is 77.2 Å². The van der Waals surface area contributed by atoms with E-state index in [4.69, 9.17) is 11.6 Å². The maximum Gasteiger partial charge on any atom is 0.0450 e. The number of rotatable bonds is 3. The monoisotopic (exact) mass is 187 g/mol. The number of hydrogen-bond acceptors (Lipinski definition) is 2. The summed E-state index contributed by atoms with van der Waals surface area (Å²) in [6.45, 7) is 0.781. The van der Waals surface area contributed by atoms with Gasteiger partial charge in [0.05, 0.1) is 0 Å². The maximum absolute atomic E-state index is 5.90. The molecule has 0 radical (unpaired) electrons. The van der Waals surface area contributed by atoms with Gasteiger partial charge in [0, 0.05) is 17.4 Å². The van der Waals surface area contributed by atoms with Crippen molar-refractivity contribution in [2.75, 3.05) is 5.88 Å². The first kappa shape index (κ1) is 8.91. The van der Waals surface area contributed by atoms with Crippen LogP contribution in [0.2, 0.25) is 5.02 Å². The third-order valence-corrected chi connectivity index (χ3v) is 1.98. The van der Waals surface area contributed by atoms with E-state index in [0.29, 0.717) is 5.88 Å². The highest BCUT2D eigenvalue weighted by atomic mass is 35.5. The quantitative estimate of drug-likeness (QED) is 0.547. The van der Waals surface area contributed by atoms with Gasteiger partial charge >= 0.3 is 0 Å². The molecule has 11 heavy (non-hydrogen) atoms. The van der Waals surface area contributed by atoms with Crippen molar-refractivity contribution in [3.63, 3.8) is 0 Å². The number of thiol groups is 1. The number of benzene rings is 1. The van der Waals surface area contributed by atoms with Crippen LogP contribution in [0.15, 0.2) is 24.3 Å². The van der Waals surface area contributed by atoms with E-state index in [1.54, 1.807) is 0 Å². The fourth-order valence-electron chi connectivity index (χ4n) is 0.832. The van der Waals surface area contributed by atoms with Crippen LogP contribution in [0, 0.1) is 0 Å². The molecule has 60 valence electrons. The average molecular weight is 188 g/mol. The lowest BCUT2D eigenvalue weighted by atomic mass is 10.2. The summed E-state index contributed by atoms with van der Waals surface area (Å²) >= 11 is 9.93. The minimum atomic E-state index is 0.672. The van der Waals surface area contributed by atoms with Crippen molar-refractivity contribution in [1.29, 1.82) is 0 Å². The van der Waals surface area contributed by atoms with Crippen LogP contribution in [-0.4, -0.2) is 5.88 Å². The maximum atomic E-state index is 5.90. The van der Waals surface area contributed by atoms with E-state index < -0.39 is 0 Å². The van der Waals surface area contributed by atoms with Crippen molar-refractivity contribution in [2.45, 2.75) is 6.54 Å². The normalized spacial score (nSPS) is 10.0. The van der Waals surface area contributed by atoms with Crippen LogP contribution >= 0.6 is 24.2 Å². The smallest absolute Gasteiger partial charge is 0.0450 e. The molecule has 0 atom stereocenters. The van der Waals surface area contributed by atoms with E-state index >= 15 is 0 Å². The highest BCUT2D eigenvalue weighted by Crippen LogP contribution is 2.13. The lowest BCUT2D eigenvalue weighted by molar-refractivity contribution is 0.799. The molecular formula is C8H10ClNS. The Morgan fingerprint density at radius 2 is 2.09 bits per heavy atom. The summed E-state index contributed by atoms with van der Waals surface area (Å²) in [6.07, 6.45) is 0. The van der Waals surface area contributed by atoms with E-state index in [0.717, 1.165) is 17.1 Å². The van der Waals surface area contributed by atoms with E-state index in [2.05, 4.69) is 17.9 Å². The molecule has 1 rings (SSSR count). The molecule has 0 aliphatic carbocycles. The molecule has 0 bridgehead atoms. The summed E-state index contributed by atoms with van der Waals surface area (Å²) in [5.41, 5.74) is 1.11. The first-order valence-electron chi connectivity index (χ1n) is 3.39. The molecule has 1 aromatic carbocycles. The number of nitrogens with one attached hydrogen (secondary N) is 1. The highest BCUT2D eigenvalue weighted by Gasteiger charge is 1.95. The molecule has 0 spiro atoms. The predicted molar refractivity (Wildman–Crippen MR) is 52.1 cm³/mol. The lowest BCUT2D eigenvalue weighted by Crippen LogP contribution is -2.10. The number of halogens is 1. The van der Waals surface area contributed by atoms with Gasteiger partial charge in [0.1, 0.15) is 0 Å². The zero-order valence-corrected chi connectivity index (χ0v) is 7.70. The lowest BCUT2D eigenvalue weighted by Gasteiger charge is -2.02. The summed E-state index contributed by atoms with van der Waals surface area (Å²) < 4.78 is 0. The molecule has 1 nitrogen and oxygen atoms in total. The summed E-state index contributed by atoms with van der Waals surface area (Å²) in [4.78, 5) is 0. The largest absolute Gasteiger partial charge is 0.304 e. The van der Waals surface area contributed by atoms with Crippen molar-refractivity contribution in [3.05, 3.63) is 34.9 Å². The van der Waals surface area contributed by atoms with E-state index in [9.17, 15) is 0 Å². The standard InChI is InChI=1S/C8H10ClNS/c9-8-4-2-1-3-7(8)5-10-6-11/h1-4,10-11H,5-6H2. The molecule has 0 saturated carbocycles. The zero-order valence-electron chi connectivity index (χ0n) is 6.05. The minimum Gasteiger partial charge on any atom is -0.304 e. The molecule has 0 saturated heterocycles. The third kappa shape index (κ3) is 2.73. The average Bonchev–Trinajstić information content (AvgIpc) is 2.03. The number of hydrogen-bond donors (Lipinski definition) is 2. The predicted octanol–water partition coefficient (Wildman–Crippen LogP) is 2.32. The first-order valence-corrected chi connectivity index (χ1v) is 4.40. The van der Waals surface area contributed by atoms with Crippen LogP contribution in [0.3, 0.4) is 0 Å². The van der Waals surface area contributed by atoms with Crippen molar-refractivity contribution in [2.24, 2.45) is 0 Å². The van der Waals surface area contributed by atoms with Crippen molar-refractivity contribution in [1.82, 2.24) is 5.32 Å². The van der Waals surface area contributed by atoms with Crippen molar-refractivity contribution < 1.29 is 0 Å². The molecule has 0 aromatic heterocycles. The molecule has 1 aromatic rings. The Kier molecular flexibility index (Phi) is 3.77. The molecule has 0 unspecified atom stereocenters. The molecule has 3 heteroatoms. The third-order valence-electron chi connectivity index (χ3n) is 1.39. The van der Waals surface area contributed by atoms with Crippen molar-refractivity contribution in [3.8, 4) is 0 Å². The van der Waals surface area contributed by atoms with Gasteiger partial charge in [-0.25, -0.2) is 0 Å². The van der Waals surface area contributed by atoms with Crippen LogP contribution in [-0.2, 0) is 6.54 Å². The highest BCUT2D eigenvalue weighted by molar-refractivity contribution is 7.80. The summed E-state index contributed by atoms with van der Waals surface area (Å²) in [5.74, 6) is 0.672. The van der Waals surface area contributed by atoms with Gasteiger partial charge in [-0.3, -0.25) is 0 Å². The molecular weight excluding hydrogens is 178 g/mol. The van der Waals surface area contributed by atoms with Crippen LogP contribution in [0.5, 0.6) is 0 Å². The van der Waals surface area contributed by atoms with Gasteiger partial charge in [0.25, 0.3) is 0 Å². The molecule has 1 N–H and O–H groups in total. The second-order valence-corrected chi connectivity index (χ2v) is 2.90. The summed E-state index contributed by atoms with van der Waals surface area (Å²) in [7, 11) is 0. The Morgan fingerprint density at radius 3 is 2.73 bits per heavy atom. The van der Waals surface area contributed by atoms with Crippen LogP contribution in [0.25, 0.3) is 0 Å². The van der Waals surface area contributed by atoms with E-state index in [1.807, 2.05) is 24.3 Å². The molecule has 0 aliphatic heterocycles. The van der Waals surface area contributed by atoms with Crippen LogP contribution in [0.1, 0.15) is 5.56 Å². The van der Waals surface area contributed by atoms with Crippen LogP contribution in [0.4, 0.5) is 0 Å². The summed E-state index contributed by atoms with van der Waals surface area (Å²) in [6, 6.07) is 7.78. The topological polar surface area (TPSA) is 12.0 Å². The second-order valence-electron chi connectivity index (χ2n) is 2.18. The van der Waals surface area contributed by atoms with Gasteiger partial charge < -0.3 is 5.32 Å². The zero-order chi connectivity index (χ0) is 8.10. The molecule has 0 aliphatic rings. The van der Waals surface area contributed by atoms with E-state index in [-0.39, 0.29) is 0 Å². The Bertz CT molecular complexity index is 227. The van der Waals surface area contributed by atoms with Gasteiger partial charge in [-0.05, 0) is 11.6 Å². The summed E-state index contributed by atoms with van der Waals surface area (Å²) in [5, 5.41) is 3.89. The fraction of sp³-hybridized carbons (Fsp3) is 0.250. The van der Waals surface area contributed by atoms with Gasteiger partial charge in [0.2, 0.25) is 0 Å². The van der Waals surface area contributed by atoms with Gasteiger partial charge in [-0.15, -0.1) is 0 Å². The van der Waals surface area contributed by atoms with Crippen LogP contribution < -0.4 is 5.32 Å². The Morgan fingerprint density at radius 1 is 1.36 bits per heavy atom. The first-order chi connectivity index (χ1) is 5.34. The van der Waals surface area contributed by atoms with Gasteiger partial charge in [-0.2, -0.15) is 12.6 Å². The fourth-order valence-corrected chi connectivity index (χ4v) is 1.15. The van der Waals surface area contributed by atoms with Crippen molar-refractivity contribution >= 4 is 24.2 Å². The molecule has 0 amide bonds. The Hall–Kier alpha value is -0.180. The molecule has 0 heterocycles. The molecule has 0 fully saturated rings. The Balaban J connectivity index is 2.62. The second kappa shape index (κ2) is 4.65. The van der Waals surface area contributed by atoms with Gasteiger partial charge in [0.15, 0.2) is 0 Å². The van der Waals surface area contributed by atoms with E-state index in [1.165, 1.54) is 0 Å². The van der Waals surface area contributed by atoms with Gasteiger partial charge in [-0.1, -0.05) is 29.8 Å². The SMILES string of the molecule is SCNCc1ccccc1Cl.